The van der Waals surface area contributed by atoms with E-state index in [0.29, 0.717) is 16.7 Å². The average molecular weight is 272 g/mol. The maximum absolute atomic E-state index is 13.3. The molecular formula is C14H19ClFNO. The van der Waals surface area contributed by atoms with Gasteiger partial charge in [-0.1, -0.05) is 24.9 Å². The molecule has 1 aliphatic rings. The third kappa shape index (κ3) is 3.59. The van der Waals surface area contributed by atoms with Crippen LogP contribution >= 0.6 is 11.6 Å². The maximum Gasteiger partial charge on any atom is 0.128 e. The number of hydrogen-bond acceptors (Lipinski definition) is 2. The Bertz CT molecular complexity index is 373. The van der Waals surface area contributed by atoms with Crippen LogP contribution in [0.4, 0.5) is 4.39 Å². The number of ether oxygens (including phenoxy) is 1. The molecule has 0 saturated carbocycles. The van der Waals surface area contributed by atoms with Crippen LogP contribution in [0.15, 0.2) is 18.2 Å². The average Bonchev–Trinajstić information content (AvgIpc) is 2.80. The van der Waals surface area contributed by atoms with E-state index in [1.165, 1.54) is 12.1 Å². The summed E-state index contributed by atoms with van der Waals surface area (Å²) in [5, 5.41) is 3.72. The molecule has 0 amide bonds. The standard InChI is InChI=1S/C14H19ClFNO/c1-2-3-14(10-4-5-17-9-10)18-13-7-11(15)6-12(16)8-13/h6-8,10,14,17H,2-5,9H2,1H3/t10-,14-/m0/s1. The molecule has 1 fully saturated rings. The highest BCUT2D eigenvalue weighted by atomic mass is 35.5. The molecule has 1 saturated heterocycles. The lowest BCUT2D eigenvalue weighted by molar-refractivity contribution is 0.132. The largest absolute Gasteiger partial charge is 0.490 e. The van der Waals surface area contributed by atoms with Gasteiger partial charge >= 0.3 is 0 Å². The Morgan fingerprint density at radius 3 is 2.94 bits per heavy atom. The Morgan fingerprint density at radius 2 is 2.33 bits per heavy atom. The van der Waals surface area contributed by atoms with Crippen molar-refractivity contribution in [3.63, 3.8) is 0 Å². The summed E-state index contributed by atoms with van der Waals surface area (Å²) in [6.45, 7) is 4.16. The van der Waals surface area contributed by atoms with Gasteiger partial charge in [0.2, 0.25) is 0 Å². The number of rotatable bonds is 5. The van der Waals surface area contributed by atoms with Crippen molar-refractivity contribution in [2.45, 2.75) is 32.3 Å². The van der Waals surface area contributed by atoms with Crippen LogP contribution in [0.3, 0.4) is 0 Å². The summed E-state index contributed by atoms with van der Waals surface area (Å²) in [6, 6.07) is 4.37. The van der Waals surface area contributed by atoms with E-state index in [1.807, 2.05) is 0 Å². The zero-order chi connectivity index (χ0) is 13.0. The van der Waals surface area contributed by atoms with Gasteiger partial charge in [0.25, 0.3) is 0 Å². The van der Waals surface area contributed by atoms with Gasteiger partial charge in [0.15, 0.2) is 0 Å². The fourth-order valence-electron chi connectivity index (χ4n) is 2.44. The van der Waals surface area contributed by atoms with Crippen molar-refractivity contribution in [1.29, 1.82) is 0 Å². The first-order valence-corrected chi connectivity index (χ1v) is 6.90. The predicted octanol–water partition coefficient (Wildman–Crippen LogP) is 3.64. The van der Waals surface area contributed by atoms with Crippen molar-refractivity contribution < 1.29 is 9.13 Å². The lowest BCUT2D eigenvalue weighted by Crippen LogP contribution is -2.28. The zero-order valence-corrected chi connectivity index (χ0v) is 11.3. The van der Waals surface area contributed by atoms with E-state index in [0.717, 1.165) is 32.4 Å². The van der Waals surface area contributed by atoms with E-state index < -0.39 is 0 Å². The van der Waals surface area contributed by atoms with E-state index in [2.05, 4.69) is 12.2 Å². The molecule has 0 aliphatic carbocycles. The summed E-state index contributed by atoms with van der Waals surface area (Å²) in [6.07, 6.45) is 3.31. The minimum absolute atomic E-state index is 0.142. The van der Waals surface area contributed by atoms with Crippen LogP contribution in [-0.2, 0) is 0 Å². The first kappa shape index (κ1) is 13.6. The van der Waals surface area contributed by atoms with Crippen LogP contribution in [0.1, 0.15) is 26.2 Å². The van der Waals surface area contributed by atoms with Crippen molar-refractivity contribution in [2.24, 2.45) is 5.92 Å². The van der Waals surface area contributed by atoms with Gasteiger partial charge in [0, 0.05) is 23.6 Å². The van der Waals surface area contributed by atoms with Gasteiger partial charge in [0.05, 0.1) is 0 Å². The van der Waals surface area contributed by atoms with Gasteiger partial charge < -0.3 is 10.1 Å². The van der Waals surface area contributed by atoms with E-state index >= 15 is 0 Å². The minimum Gasteiger partial charge on any atom is -0.490 e. The molecule has 1 N–H and O–H groups in total. The highest BCUT2D eigenvalue weighted by molar-refractivity contribution is 6.30. The highest BCUT2D eigenvalue weighted by Crippen LogP contribution is 2.26. The van der Waals surface area contributed by atoms with Crippen LogP contribution in [0.25, 0.3) is 0 Å². The van der Waals surface area contributed by atoms with Crippen molar-refractivity contribution in [1.82, 2.24) is 5.32 Å². The maximum atomic E-state index is 13.3. The molecule has 4 heteroatoms. The quantitative estimate of drug-likeness (QED) is 0.883. The lowest BCUT2D eigenvalue weighted by Gasteiger charge is -2.24. The van der Waals surface area contributed by atoms with Gasteiger partial charge in [-0.05, 0) is 31.5 Å². The smallest absolute Gasteiger partial charge is 0.128 e. The second kappa shape index (κ2) is 6.39. The van der Waals surface area contributed by atoms with Crippen LogP contribution in [0.2, 0.25) is 5.02 Å². The number of halogens is 2. The van der Waals surface area contributed by atoms with Crippen molar-refractivity contribution >= 4 is 11.6 Å². The lowest BCUT2D eigenvalue weighted by atomic mass is 9.97. The molecule has 0 aromatic heterocycles. The first-order valence-electron chi connectivity index (χ1n) is 6.52. The van der Waals surface area contributed by atoms with E-state index in [4.69, 9.17) is 16.3 Å². The van der Waals surface area contributed by atoms with Crippen LogP contribution in [0, 0.1) is 11.7 Å². The second-order valence-electron chi connectivity index (χ2n) is 4.80. The SMILES string of the molecule is CCC[C@H](Oc1cc(F)cc(Cl)c1)[C@H]1CCNC1. The second-order valence-corrected chi connectivity index (χ2v) is 5.24. The summed E-state index contributed by atoms with van der Waals surface area (Å²) < 4.78 is 19.2. The van der Waals surface area contributed by atoms with Gasteiger partial charge in [-0.2, -0.15) is 0 Å². The first-order chi connectivity index (χ1) is 8.69. The predicted molar refractivity (Wildman–Crippen MR) is 71.7 cm³/mol. The summed E-state index contributed by atoms with van der Waals surface area (Å²) in [5.74, 6) is 0.689. The fraction of sp³-hybridized carbons (Fsp3) is 0.571. The molecule has 2 rings (SSSR count). The van der Waals surface area contributed by atoms with Gasteiger partial charge in [-0.15, -0.1) is 0 Å². The van der Waals surface area contributed by atoms with Crippen LogP contribution in [-0.4, -0.2) is 19.2 Å². The normalized spacial score (nSPS) is 20.9. The van der Waals surface area contributed by atoms with Gasteiger partial charge in [-0.25, -0.2) is 4.39 Å². The van der Waals surface area contributed by atoms with E-state index in [9.17, 15) is 4.39 Å². The molecule has 18 heavy (non-hydrogen) atoms. The number of nitrogens with one attached hydrogen (secondary N) is 1. The molecule has 2 nitrogen and oxygen atoms in total. The molecule has 0 unspecified atom stereocenters. The molecule has 0 spiro atoms. The van der Waals surface area contributed by atoms with Crippen LogP contribution < -0.4 is 10.1 Å². The monoisotopic (exact) mass is 271 g/mol. The third-order valence-electron chi connectivity index (χ3n) is 3.32. The van der Waals surface area contributed by atoms with Crippen molar-refractivity contribution in [3.8, 4) is 5.75 Å². The molecule has 1 aromatic rings. The Balaban J connectivity index is 2.07. The highest BCUT2D eigenvalue weighted by Gasteiger charge is 2.25. The topological polar surface area (TPSA) is 21.3 Å². The number of hydrogen-bond donors (Lipinski definition) is 1. The third-order valence-corrected chi connectivity index (χ3v) is 3.54. The van der Waals surface area contributed by atoms with Crippen molar-refractivity contribution in [3.05, 3.63) is 29.0 Å². The molecule has 0 bridgehead atoms. The Labute approximate surface area is 112 Å². The summed E-state index contributed by atoms with van der Waals surface area (Å²) >= 11 is 5.84. The molecule has 2 atom stereocenters. The summed E-state index contributed by atoms with van der Waals surface area (Å²) in [4.78, 5) is 0. The summed E-state index contributed by atoms with van der Waals surface area (Å²) in [5.41, 5.74) is 0. The molecule has 1 aromatic carbocycles. The van der Waals surface area contributed by atoms with Crippen molar-refractivity contribution in [2.75, 3.05) is 13.1 Å². The van der Waals surface area contributed by atoms with Crippen LogP contribution in [0.5, 0.6) is 5.75 Å². The number of benzene rings is 1. The van der Waals surface area contributed by atoms with E-state index in [-0.39, 0.29) is 11.9 Å². The molecule has 0 radical (unpaired) electrons. The zero-order valence-electron chi connectivity index (χ0n) is 10.6. The molecule has 1 aliphatic heterocycles. The Hall–Kier alpha value is -0.800. The molecule has 1 heterocycles. The van der Waals surface area contributed by atoms with Gasteiger partial charge in [-0.3, -0.25) is 0 Å². The molecule has 100 valence electrons. The summed E-state index contributed by atoms with van der Waals surface area (Å²) in [7, 11) is 0. The van der Waals surface area contributed by atoms with Gasteiger partial charge in [0.1, 0.15) is 17.7 Å². The van der Waals surface area contributed by atoms with E-state index in [1.54, 1.807) is 6.07 Å². The Kier molecular flexibility index (Phi) is 4.84. The minimum atomic E-state index is -0.350. The molecular weight excluding hydrogens is 253 g/mol. The Morgan fingerprint density at radius 1 is 1.50 bits per heavy atom. The fourth-order valence-corrected chi connectivity index (χ4v) is 2.65.